The van der Waals surface area contributed by atoms with Gasteiger partial charge in [-0.05, 0) is 82.5 Å². The molecule has 3 rings (SSSR count). The molecule has 3 aromatic rings. The van der Waals surface area contributed by atoms with Crippen molar-refractivity contribution in [2.24, 2.45) is 0 Å². The Hall–Kier alpha value is -3.07. The summed E-state index contributed by atoms with van der Waals surface area (Å²) in [6, 6.07) is 17.5. The Morgan fingerprint density at radius 3 is 2.15 bits per heavy atom. The summed E-state index contributed by atoms with van der Waals surface area (Å²) >= 11 is 12.4. The van der Waals surface area contributed by atoms with Gasteiger partial charge in [-0.1, -0.05) is 72.1 Å². The van der Waals surface area contributed by atoms with E-state index < -0.39 is 34.1 Å². The molecule has 3 aromatic carbocycles. The van der Waals surface area contributed by atoms with Crippen LogP contribution in [0, 0.1) is 13.8 Å². The average Bonchev–Trinajstić information content (AvgIpc) is 2.89. The lowest BCUT2D eigenvalue weighted by Gasteiger charge is -2.35. The summed E-state index contributed by atoms with van der Waals surface area (Å²) in [6.07, 6.45) is 0.309. The van der Waals surface area contributed by atoms with E-state index in [-0.39, 0.29) is 17.3 Å². The molecule has 0 radical (unpaired) electrons. The van der Waals surface area contributed by atoms with Gasteiger partial charge in [-0.3, -0.25) is 13.9 Å². The minimum Gasteiger partial charge on any atom is -0.350 e. The summed E-state index contributed by atoms with van der Waals surface area (Å²) in [7, 11) is -4.14. The first-order chi connectivity index (χ1) is 19.1. The van der Waals surface area contributed by atoms with Crippen LogP contribution in [0.25, 0.3) is 0 Å². The van der Waals surface area contributed by atoms with Gasteiger partial charge in [0.15, 0.2) is 0 Å². The lowest BCUT2D eigenvalue weighted by atomic mass is 10.1. The summed E-state index contributed by atoms with van der Waals surface area (Å²) in [5.74, 6) is -0.871. The summed E-state index contributed by atoms with van der Waals surface area (Å²) in [4.78, 5) is 29.1. The van der Waals surface area contributed by atoms with Crippen molar-refractivity contribution in [3.63, 3.8) is 0 Å². The monoisotopic (exact) mass is 617 g/mol. The molecule has 0 aliphatic rings. The lowest BCUT2D eigenvalue weighted by Crippen LogP contribution is -2.55. The highest BCUT2D eigenvalue weighted by molar-refractivity contribution is 7.92. The maximum atomic E-state index is 14.2. The molecule has 0 aliphatic heterocycles. The number of halogens is 2. The smallest absolute Gasteiger partial charge is 0.264 e. The second kappa shape index (κ2) is 13.3. The number of amides is 2. The predicted molar refractivity (Wildman–Crippen MR) is 166 cm³/mol. The zero-order valence-electron chi connectivity index (χ0n) is 24.2. The molecule has 0 fully saturated rings. The molecular formula is C31H37Cl2N3O4S. The van der Waals surface area contributed by atoms with Crippen LogP contribution in [0.5, 0.6) is 0 Å². The highest BCUT2D eigenvalue weighted by atomic mass is 35.5. The molecule has 0 bridgehead atoms. The van der Waals surface area contributed by atoms with Gasteiger partial charge in [0.25, 0.3) is 10.0 Å². The normalized spacial score (nSPS) is 12.5. The van der Waals surface area contributed by atoms with Gasteiger partial charge >= 0.3 is 0 Å². The second-order valence-electron chi connectivity index (χ2n) is 11.0. The molecule has 0 saturated carbocycles. The Morgan fingerprint density at radius 2 is 1.59 bits per heavy atom. The number of rotatable bonds is 10. The minimum absolute atomic E-state index is 0.0257. The quantitative estimate of drug-likeness (QED) is 0.280. The molecule has 1 atom stereocenters. The molecule has 0 heterocycles. The van der Waals surface area contributed by atoms with E-state index in [0.717, 1.165) is 9.87 Å². The topological polar surface area (TPSA) is 86.8 Å². The number of hydrogen-bond donors (Lipinski definition) is 1. The number of anilines is 1. The number of nitrogens with zero attached hydrogens (tertiary/aromatic N) is 2. The first-order valence-electron chi connectivity index (χ1n) is 13.3. The van der Waals surface area contributed by atoms with Crippen molar-refractivity contribution < 1.29 is 18.0 Å². The van der Waals surface area contributed by atoms with Gasteiger partial charge in [0.2, 0.25) is 11.8 Å². The zero-order valence-corrected chi connectivity index (χ0v) is 26.6. The summed E-state index contributed by atoms with van der Waals surface area (Å²) in [6.45, 7) is 10.6. The summed E-state index contributed by atoms with van der Waals surface area (Å²) in [5.41, 5.74) is 2.16. The molecule has 10 heteroatoms. The van der Waals surface area contributed by atoms with Crippen LogP contribution >= 0.6 is 23.2 Å². The van der Waals surface area contributed by atoms with Crippen molar-refractivity contribution in [2.75, 3.05) is 10.8 Å². The van der Waals surface area contributed by atoms with Crippen LogP contribution in [-0.4, -0.2) is 43.3 Å². The second-order valence-corrected chi connectivity index (χ2v) is 13.7. The molecule has 0 unspecified atom stereocenters. The SMILES string of the molecule is CC[C@@H](C(=O)NC(C)(C)C)N(Cc1ccc(Cl)c(Cl)c1)C(=O)CN(c1ccc(C)cc1C)S(=O)(=O)c1ccccc1. The maximum absolute atomic E-state index is 14.2. The molecule has 2 amide bonds. The summed E-state index contributed by atoms with van der Waals surface area (Å²) in [5, 5.41) is 3.63. The van der Waals surface area contributed by atoms with E-state index in [2.05, 4.69) is 5.32 Å². The van der Waals surface area contributed by atoms with Crippen molar-refractivity contribution in [2.45, 2.75) is 71.0 Å². The number of sulfonamides is 1. The van der Waals surface area contributed by atoms with Crippen LogP contribution in [0.4, 0.5) is 5.69 Å². The van der Waals surface area contributed by atoms with Crippen LogP contribution in [0.1, 0.15) is 50.8 Å². The number of hydrogen-bond acceptors (Lipinski definition) is 4. The van der Waals surface area contributed by atoms with E-state index in [1.165, 1.54) is 17.0 Å². The van der Waals surface area contributed by atoms with Crippen molar-refractivity contribution in [1.29, 1.82) is 0 Å². The number of carbonyl (C=O) groups is 2. The summed E-state index contributed by atoms with van der Waals surface area (Å²) < 4.78 is 29.1. The fraction of sp³-hybridized carbons (Fsp3) is 0.355. The highest BCUT2D eigenvalue weighted by Gasteiger charge is 2.35. The molecule has 220 valence electrons. The number of nitrogens with one attached hydrogen (secondary N) is 1. The third-order valence-corrected chi connectivity index (χ3v) is 8.97. The molecule has 7 nitrogen and oxygen atoms in total. The van der Waals surface area contributed by atoms with E-state index in [1.807, 2.05) is 40.7 Å². The largest absolute Gasteiger partial charge is 0.350 e. The van der Waals surface area contributed by atoms with Gasteiger partial charge in [0, 0.05) is 12.1 Å². The van der Waals surface area contributed by atoms with Gasteiger partial charge in [-0.15, -0.1) is 0 Å². The van der Waals surface area contributed by atoms with Crippen LogP contribution in [0.3, 0.4) is 0 Å². The molecule has 0 saturated heterocycles. The molecular weight excluding hydrogens is 581 g/mol. The van der Waals surface area contributed by atoms with Crippen LogP contribution in [0.2, 0.25) is 10.0 Å². The molecule has 0 aliphatic carbocycles. The number of benzene rings is 3. The van der Waals surface area contributed by atoms with Crippen molar-refractivity contribution in [3.8, 4) is 0 Å². The zero-order chi connectivity index (χ0) is 30.5. The average molecular weight is 619 g/mol. The number of carbonyl (C=O) groups excluding carboxylic acids is 2. The Bertz CT molecular complexity index is 1510. The van der Waals surface area contributed by atoms with Gasteiger partial charge in [0.05, 0.1) is 20.6 Å². The Morgan fingerprint density at radius 1 is 0.927 bits per heavy atom. The van der Waals surface area contributed by atoms with Gasteiger partial charge in [-0.2, -0.15) is 0 Å². The van der Waals surface area contributed by atoms with E-state index in [0.29, 0.717) is 33.3 Å². The van der Waals surface area contributed by atoms with Crippen LogP contribution < -0.4 is 9.62 Å². The van der Waals surface area contributed by atoms with Gasteiger partial charge < -0.3 is 10.2 Å². The fourth-order valence-corrected chi connectivity index (χ4v) is 6.35. The molecule has 0 spiro atoms. The maximum Gasteiger partial charge on any atom is 0.264 e. The van der Waals surface area contributed by atoms with Gasteiger partial charge in [0.1, 0.15) is 12.6 Å². The molecule has 1 N–H and O–H groups in total. The predicted octanol–water partition coefficient (Wildman–Crippen LogP) is 6.53. The van der Waals surface area contributed by atoms with Crippen LogP contribution in [-0.2, 0) is 26.2 Å². The van der Waals surface area contributed by atoms with Crippen molar-refractivity contribution in [3.05, 3.63) is 93.5 Å². The lowest BCUT2D eigenvalue weighted by molar-refractivity contribution is -0.141. The van der Waals surface area contributed by atoms with E-state index in [1.54, 1.807) is 55.5 Å². The van der Waals surface area contributed by atoms with Gasteiger partial charge in [-0.25, -0.2) is 8.42 Å². The Labute approximate surface area is 253 Å². The van der Waals surface area contributed by atoms with E-state index in [9.17, 15) is 18.0 Å². The van der Waals surface area contributed by atoms with Crippen molar-refractivity contribution >= 4 is 50.7 Å². The Balaban J connectivity index is 2.11. The standard InChI is InChI=1S/C31H37Cl2N3O4S/c1-7-27(30(38)34-31(4,5)6)35(19-23-14-15-25(32)26(33)18-23)29(37)20-36(28-16-13-21(2)17-22(28)3)41(39,40)24-11-9-8-10-12-24/h8-18,27H,7,19-20H2,1-6H3,(H,34,38)/t27-/m0/s1. The Kier molecular flexibility index (Phi) is 10.5. The highest BCUT2D eigenvalue weighted by Crippen LogP contribution is 2.29. The van der Waals surface area contributed by atoms with Crippen molar-refractivity contribution in [1.82, 2.24) is 10.2 Å². The third-order valence-electron chi connectivity index (χ3n) is 6.45. The third kappa shape index (κ3) is 8.24. The van der Waals surface area contributed by atoms with Crippen LogP contribution in [0.15, 0.2) is 71.6 Å². The van der Waals surface area contributed by atoms with E-state index in [4.69, 9.17) is 23.2 Å². The van der Waals surface area contributed by atoms with E-state index >= 15 is 0 Å². The minimum atomic E-state index is -4.14. The fourth-order valence-electron chi connectivity index (χ4n) is 4.53. The molecule has 0 aromatic heterocycles. The first kappa shape index (κ1) is 32.4. The number of aryl methyl sites for hydroxylation is 2. The molecule has 41 heavy (non-hydrogen) atoms. The first-order valence-corrected chi connectivity index (χ1v) is 15.5.